The van der Waals surface area contributed by atoms with Gasteiger partial charge in [-0.05, 0) is 32.4 Å². The predicted octanol–water partition coefficient (Wildman–Crippen LogP) is 2.97. The maximum Gasteiger partial charge on any atom is 0.220 e. The molecule has 0 aliphatic rings. The van der Waals surface area contributed by atoms with Crippen molar-refractivity contribution >= 4 is 17.2 Å². The van der Waals surface area contributed by atoms with Gasteiger partial charge in [-0.15, -0.1) is 11.3 Å². The van der Waals surface area contributed by atoms with Crippen LogP contribution in [0.25, 0.3) is 0 Å². The molecule has 0 aliphatic heterocycles. The van der Waals surface area contributed by atoms with Crippen molar-refractivity contribution in [2.45, 2.75) is 32.8 Å². The van der Waals surface area contributed by atoms with Crippen molar-refractivity contribution in [3.8, 4) is 5.75 Å². The van der Waals surface area contributed by atoms with Crippen LogP contribution in [-0.2, 0) is 11.2 Å². The molecule has 0 spiro atoms. The minimum atomic E-state index is -0.0593. The van der Waals surface area contributed by atoms with E-state index in [0.29, 0.717) is 19.4 Å². The number of carbonyl (C=O) groups excluding carboxylic acids is 1. The van der Waals surface area contributed by atoms with Crippen LogP contribution in [0.1, 0.15) is 24.6 Å². The number of hydrogen-bond acceptors (Lipinski definition) is 4. The third kappa shape index (κ3) is 5.55. The number of nitrogens with one attached hydrogen (secondary N) is 1. The Morgan fingerprint density at radius 3 is 2.81 bits per heavy atom. The van der Waals surface area contributed by atoms with Gasteiger partial charge in [0.25, 0.3) is 0 Å². The molecule has 0 radical (unpaired) electrons. The molecule has 2 aromatic rings. The van der Waals surface area contributed by atoms with E-state index in [4.69, 9.17) is 4.74 Å². The number of aromatic nitrogens is 1. The Balaban J connectivity index is 1.67. The lowest BCUT2D eigenvalue weighted by atomic mass is 10.2. The van der Waals surface area contributed by atoms with E-state index in [-0.39, 0.29) is 12.0 Å². The van der Waals surface area contributed by atoms with E-state index >= 15 is 0 Å². The number of ether oxygens (including phenoxy) is 1. The third-order valence-corrected chi connectivity index (χ3v) is 3.67. The molecule has 0 bridgehead atoms. The van der Waals surface area contributed by atoms with Gasteiger partial charge in [-0.25, -0.2) is 4.98 Å². The van der Waals surface area contributed by atoms with Crippen molar-refractivity contribution in [3.63, 3.8) is 0 Å². The molecule has 5 heteroatoms. The number of aryl methyl sites for hydroxylation is 2. The molecule has 1 heterocycles. The molecule has 0 saturated heterocycles. The molecule has 0 saturated carbocycles. The van der Waals surface area contributed by atoms with Crippen LogP contribution < -0.4 is 10.1 Å². The first-order valence-electron chi connectivity index (χ1n) is 7.00. The largest absolute Gasteiger partial charge is 0.489 e. The summed E-state index contributed by atoms with van der Waals surface area (Å²) in [6.45, 7) is 4.49. The van der Waals surface area contributed by atoms with Crippen molar-refractivity contribution in [1.29, 1.82) is 0 Å². The molecule has 0 fully saturated rings. The molecule has 1 unspecified atom stereocenters. The number of amides is 1. The molecule has 1 aromatic heterocycles. The molecular weight excluding hydrogens is 284 g/mol. The topological polar surface area (TPSA) is 51.2 Å². The van der Waals surface area contributed by atoms with Gasteiger partial charge in [0.15, 0.2) is 0 Å². The maximum absolute atomic E-state index is 11.7. The average Bonchev–Trinajstić information content (AvgIpc) is 2.99. The first-order valence-corrected chi connectivity index (χ1v) is 7.95. The molecule has 2 rings (SSSR count). The Morgan fingerprint density at radius 1 is 1.38 bits per heavy atom. The average molecular weight is 304 g/mol. The molecular formula is C16H20N2O2S. The van der Waals surface area contributed by atoms with Gasteiger partial charge >= 0.3 is 0 Å². The Kier molecular flexibility index (Phi) is 5.75. The van der Waals surface area contributed by atoms with E-state index < -0.39 is 0 Å². The fourth-order valence-corrected chi connectivity index (χ4v) is 2.43. The smallest absolute Gasteiger partial charge is 0.220 e. The zero-order valence-electron chi connectivity index (χ0n) is 12.3. The number of benzene rings is 1. The molecule has 21 heavy (non-hydrogen) atoms. The first-order chi connectivity index (χ1) is 10.1. The SMILES string of the molecule is Cc1ccc(OC(C)CNC(=O)CCc2cscn2)cc1. The van der Waals surface area contributed by atoms with Crippen molar-refractivity contribution in [1.82, 2.24) is 10.3 Å². The van der Waals surface area contributed by atoms with E-state index in [1.807, 2.05) is 43.5 Å². The van der Waals surface area contributed by atoms with E-state index in [2.05, 4.69) is 10.3 Å². The molecule has 112 valence electrons. The summed E-state index contributed by atoms with van der Waals surface area (Å²) >= 11 is 1.55. The second-order valence-electron chi connectivity index (χ2n) is 5.03. The molecule has 1 atom stereocenters. The Labute approximate surface area is 129 Å². The van der Waals surface area contributed by atoms with Crippen LogP contribution in [0.2, 0.25) is 0 Å². The maximum atomic E-state index is 11.7. The van der Waals surface area contributed by atoms with Crippen LogP contribution in [0, 0.1) is 6.92 Å². The molecule has 0 aliphatic carbocycles. The summed E-state index contributed by atoms with van der Waals surface area (Å²) in [5.41, 5.74) is 3.95. The highest BCUT2D eigenvalue weighted by Gasteiger charge is 2.08. The predicted molar refractivity (Wildman–Crippen MR) is 84.7 cm³/mol. The summed E-state index contributed by atoms with van der Waals surface area (Å²) in [6.07, 6.45) is 1.08. The fraction of sp³-hybridized carbons (Fsp3) is 0.375. The highest BCUT2D eigenvalue weighted by molar-refractivity contribution is 7.07. The van der Waals surface area contributed by atoms with E-state index in [1.54, 1.807) is 16.8 Å². The van der Waals surface area contributed by atoms with Gasteiger partial charge in [0.05, 0.1) is 17.7 Å². The van der Waals surface area contributed by atoms with Crippen molar-refractivity contribution < 1.29 is 9.53 Å². The third-order valence-electron chi connectivity index (χ3n) is 3.04. The van der Waals surface area contributed by atoms with Crippen molar-refractivity contribution in [2.24, 2.45) is 0 Å². The Morgan fingerprint density at radius 2 is 2.14 bits per heavy atom. The van der Waals surface area contributed by atoms with Crippen LogP contribution in [0.5, 0.6) is 5.75 Å². The van der Waals surface area contributed by atoms with E-state index in [9.17, 15) is 4.79 Å². The summed E-state index contributed by atoms with van der Waals surface area (Å²) in [7, 11) is 0. The monoisotopic (exact) mass is 304 g/mol. The van der Waals surface area contributed by atoms with Crippen LogP contribution in [-0.4, -0.2) is 23.5 Å². The van der Waals surface area contributed by atoms with Crippen LogP contribution >= 0.6 is 11.3 Å². The second-order valence-corrected chi connectivity index (χ2v) is 5.74. The number of rotatable bonds is 7. The van der Waals surface area contributed by atoms with Gasteiger partial charge in [0.2, 0.25) is 5.91 Å². The highest BCUT2D eigenvalue weighted by Crippen LogP contribution is 2.13. The molecule has 1 aromatic carbocycles. The van der Waals surface area contributed by atoms with Crippen molar-refractivity contribution in [2.75, 3.05) is 6.54 Å². The summed E-state index contributed by atoms with van der Waals surface area (Å²) < 4.78 is 5.74. The van der Waals surface area contributed by atoms with Gasteiger partial charge in [0, 0.05) is 11.8 Å². The summed E-state index contributed by atoms with van der Waals surface area (Å²) in [4.78, 5) is 15.9. The molecule has 4 nitrogen and oxygen atoms in total. The van der Waals surface area contributed by atoms with Gasteiger partial charge in [-0.1, -0.05) is 17.7 Å². The van der Waals surface area contributed by atoms with Gasteiger partial charge < -0.3 is 10.1 Å². The zero-order valence-corrected chi connectivity index (χ0v) is 13.2. The fourth-order valence-electron chi connectivity index (χ4n) is 1.84. The van der Waals surface area contributed by atoms with Crippen LogP contribution in [0.4, 0.5) is 0 Å². The molecule has 1 N–H and O–H groups in total. The van der Waals surface area contributed by atoms with E-state index in [0.717, 1.165) is 11.4 Å². The number of nitrogens with zero attached hydrogens (tertiary/aromatic N) is 1. The standard InChI is InChI=1S/C16H20N2O2S/c1-12-3-6-15(7-4-12)20-13(2)9-17-16(19)8-5-14-10-21-11-18-14/h3-4,6-7,10-11,13H,5,8-9H2,1-2H3,(H,17,19). The first kappa shape index (κ1) is 15.5. The molecule has 1 amide bonds. The quantitative estimate of drug-likeness (QED) is 0.855. The summed E-state index contributed by atoms with van der Waals surface area (Å²) in [6, 6.07) is 7.90. The van der Waals surface area contributed by atoms with Gasteiger partial charge in [0.1, 0.15) is 11.9 Å². The summed E-state index contributed by atoms with van der Waals surface area (Å²) in [5.74, 6) is 0.854. The lowest BCUT2D eigenvalue weighted by Crippen LogP contribution is -2.33. The normalized spacial score (nSPS) is 11.9. The van der Waals surface area contributed by atoms with Crippen LogP contribution in [0.3, 0.4) is 0 Å². The van der Waals surface area contributed by atoms with Gasteiger partial charge in [-0.2, -0.15) is 0 Å². The van der Waals surface area contributed by atoms with Crippen LogP contribution in [0.15, 0.2) is 35.2 Å². The number of thiazole rings is 1. The lowest BCUT2D eigenvalue weighted by molar-refractivity contribution is -0.121. The Hall–Kier alpha value is -1.88. The zero-order chi connectivity index (χ0) is 15.1. The van der Waals surface area contributed by atoms with E-state index in [1.165, 1.54) is 5.56 Å². The Bertz CT molecular complexity index is 552. The number of hydrogen-bond donors (Lipinski definition) is 1. The highest BCUT2D eigenvalue weighted by atomic mass is 32.1. The summed E-state index contributed by atoms with van der Waals surface area (Å²) in [5, 5.41) is 4.86. The number of carbonyl (C=O) groups is 1. The van der Waals surface area contributed by atoms with Gasteiger partial charge in [-0.3, -0.25) is 4.79 Å². The second kappa shape index (κ2) is 7.78. The lowest BCUT2D eigenvalue weighted by Gasteiger charge is -2.15. The minimum Gasteiger partial charge on any atom is -0.489 e. The minimum absolute atomic E-state index is 0.0300. The van der Waals surface area contributed by atoms with Crippen molar-refractivity contribution in [3.05, 3.63) is 46.4 Å².